The maximum absolute atomic E-state index is 11.7. The van der Waals surface area contributed by atoms with Crippen molar-refractivity contribution in [1.82, 2.24) is 19.9 Å². The molecule has 26 heavy (non-hydrogen) atoms. The first kappa shape index (κ1) is 16.5. The third-order valence-electron chi connectivity index (χ3n) is 4.61. The Bertz CT molecular complexity index is 1100. The molecular weight excluding hydrogens is 352 g/mol. The van der Waals surface area contributed by atoms with Gasteiger partial charge in [0.05, 0.1) is 17.6 Å². The van der Waals surface area contributed by atoms with E-state index >= 15 is 0 Å². The Kier molecular flexibility index (Phi) is 3.85. The third kappa shape index (κ3) is 2.99. The summed E-state index contributed by atoms with van der Waals surface area (Å²) in [5.74, 6) is 0.999. The number of hydrogen-bond donors (Lipinski definition) is 2. The average Bonchev–Trinajstić information content (AvgIpc) is 3.08. The van der Waals surface area contributed by atoms with Crippen molar-refractivity contribution in [2.45, 2.75) is 18.4 Å². The average molecular weight is 368 g/mol. The normalized spacial score (nSPS) is 18.3. The number of fused-ring (bicyclic) bond motifs is 1. The lowest BCUT2D eigenvalue weighted by Crippen LogP contribution is -2.44. The molecule has 9 heteroatoms. The van der Waals surface area contributed by atoms with Crippen molar-refractivity contribution in [2.24, 2.45) is 0 Å². The zero-order valence-electron chi connectivity index (χ0n) is 13.8. The van der Waals surface area contributed by atoms with Crippen LogP contribution in [0, 0.1) is 11.3 Å². The second kappa shape index (κ2) is 6.07. The molecule has 1 aliphatic heterocycles. The number of pyridine rings is 1. The van der Waals surface area contributed by atoms with Crippen molar-refractivity contribution < 1.29 is 8.42 Å². The lowest BCUT2D eigenvalue weighted by Gasteiger charge is -2.31. The number of sulfone groups is 1. The summed E-state index contributed by atoms with van der Waals surface area (Å²) in [6.07, 6.45) is 5.59. The smallest absolute Gasteiger partial charge is 0.163 e. The number of hydrogen-bond acceptors (Lipinski definition) is 7. The minimum absolute atomic E-state index is 0.000379. The summed E-state index contributed by atoms with van der Waals surface area (Å²) < 4.78 is 23.3. The summed E-state index contributed by atoms with van der Waals surface area (Å²) in [5, 5.41) is 13.6. The molecule has 3 aromatic rings. The van der Waals surface area contributed by atoms with Crippen molar-refractivity contribution in [3.63, 3.8) is 0 Å². The van der Waals surface area contributed by atoms with E-state index in [1.165, 1.54) is 0 Å². The van der Waals surface area contributed by atoms with Crippen molar-refractivity contribution in [3.05, 3.63) is 36.8 Å². The molecule has 132 valence electrons. The van der Waals surface area contributed by atoms with Crippen LogP contribution in [-0.4, -0.2) is 45.4 Å². The largest absolute Gasteiger partial charge is 0.352 e. The molecule has 0 aromatic carbocycles. The first-order valence-corrected chi connectivity index (χ1v) is 9.98. The highest BCUT2D eigenvalue weighted by Crippen LogP contribution is 2.29. The Morgan fingerprint density at radius 3 is 2.77 bits per heavy atom. The Hall–Kier alpha value is -2.99. The predicted molar refractivity (Wildman–Crippen MR) is 97.0 cm³/mol. The lowest BCUT2D eigenvalue weighted by molar-refractivity contribution is 0.503. The molecule has 8 nitrogen and oxygen atoms in total. The van der Waals surface area contributed by atoms with Gasteiger partial charge >= 0.3 is 0 Å². The quantitative estimate of drug-likeness (QED) is 0.723. The highest BCUT2D eigenvalue weighted by molar-refractivity contribution is 7.91. The van der Waals surface area contributed by atoms with Gasteiger partial charge in [-0.2, -0.15) is 5.26 Å². The Balaban J connectivity index is 1.65. The summed E-state index contributed by atoms with van der Waals surface area (Å²) in [6.45, 7) is 0. The number of nitrogens with one attached hydrogen (secondary N) is 2. The van der Waals surface area contributed by atoms with E-state index in [9.17, 15) is 13.7 Å². The molecule has 1 fully saturated rings. The molecule has 4 rings (SSSR count). The molecule has 0 radical (unpaired) electrons. The minimum atomic E-state index is -3.06. The van der Waals surface area contributed by atoms with Crippen molar-refractivity contribution in [3.8, 4) is 17.5 Å². The van der Waals surface area contributed by atoms with Crippen LogP contribution < -0.4 is 5.32 Å². The molecule has 0 saturated carbocycles. The summed E-state index contributed by atoms with van der Waals surface area (Å²) >= 11 is 0. The molecule has 1 saturated heterocycles. The van der Waals surface area contributed by atoms with Gasteiger partial charge in [-0.05, 0) is 31.0 Å². The number of aromatic amines is 1. The van der Waals surface area contributed by atoms with Crippen LogP contribution in [-0.2, 0) is 9.84 Å². The van der Waals surface area contributed by atoms with Gasteiger partial charge in [0.1, 0.15) is 17.0 Å². The Labute approximate surface area is 150 Å². The highest BCUT2D eigenvalue weighted by Gasteiger charge is 2.37. The van der Waals surface area contributed by atoms with Gasteiger partial charge in [-0.15, -0.1) is 0 Å². The van der Waals surface area contributed by atoms with Gasteiger partial charge in [0.15, 0.2) is 15.7 Å². The molecule has 0 amide bonds. The lowest BCUT2D eigenvalue weighted by atomic mass is 9.94. The number of nitrogens with zero attached hydrogens (tertiary/aromatic N) is 4. The third-order valence-corrected chi connectivity index (χ3v) is 6.26. The van der Waals surface area contributed by atoms with Crippen LogP contribution in [0.2, 0.25) is 0 Å². The highest BCUT2D eigenvalue weighted by atomic mass is 32.2. The standard InChI is InChI=1S/C17H16N6O2S/c18-11-17(4-8-26(24,25)9-5-17)23-14-3-7-20-16(22-14)13-10-21-15-12(13)2-1-6-19-15/h1-3,6-7,10H,4-5,8-9H2,(H,19,21)(H,20,22,23). The van der Waals surface area contributed by atoms with E-state index < -0.39 is 15.4 Å². The van der Waals surface area contributed by atoms with Crippen molar-refractivity contribution in [2.75, 3.05) is 16.8 Å². The summed E-state index contributed by atoms with van der Waals surface area (Å²) in [5.41, 5.74) is 0.628. The zero-order chi connectivity index (χ0) is 18.2. The Morgan fingerprint density at radius 1 is 1.19 bits per heavy atom. The van der Waals surface area contributed by atoms with Crippen LogP contribution in [0.5, 0.6) is 0 Å². The van der Waals surface area contributed by atoms with E-state index in [2.05, 4.69) is 31.3 Å². The minimum Gasteiger partial charge on any atom is -0.352 e. The van der Waals surface area contributed by atoms with Crippen LogP contribution in [0.4, 0.5) is 5.82 Å². The fourth-order valence-corrected chi connectivity index (χ4v) is 4.62. The monoisotopic (exact) mass is 368 g/mol. The first-order chi connectivity index (χ1) is 12.5. The van der Waals surface area contributed by atoms with Gasteiger partial charge in [-0.3, -0.25) is 0 Å². The van der Waals surface area contributed by atoms with Crippen LogP contribution >= 0.6 is 0 Å². The summed E-state index contributed by atoms with van der Waals surface area (Å²) in [7, 11) is -3.06. The molecule has 2 N–H and O–H groups in total. The predicted octanol–water partition coefficient (Wildman–Crippen LogP) is 1.90. The Morgan fingerprint density at radius 2 is 2.00 bits per heavy atom. The van der Waals surface area contributed by atoms with E-state index in [-0.39, 0.29) is 24.3 Å². The van der Waals surface area contributed by atoms with Gasteiger partial charge in [-0.1, -0.05) is 0 Å². The summed E-state index contributed by atoms with van der Waals surface area (Å²) in [6, 6.07) is 7.69. The molecule has 0 spiro atoms. The number of H-pyrrole nitrogens is 1. The van der Waals surface area contributed by atoms with Crippen LogP contribution in [0.15, 0.2) is 36.8 Å². The van der Waals surface area contributed by atoms with E-state index in [0.29, 0.717) is 11.6 Å². The maximum atomic E-state index is 11.7. The van der Waals surface area contributed by atoms with Gasteiger partial charge in [0.2, 0.25) is 0 Å². The van der Waals surface area contributed by atoms with Gasteiger partial charge < -0.3 is 10.3 Å². The fourth-order valence-electron chi connectivity index (χ4n) is 3.10. The molecule has 0 atom stereocenters. The molecule has 3 aromatic heterocycles. The fraction of sp³-hybridized carbons (Fsp3) is 0.294. The van der Waals surface area contributed by atoms with Gasteiger partial charge in [0.25, 0.3) is 0 Å². The number of rotatable bonds is 3. The van der Waals surface area contributed by atoms with Gasteiger partial charge in [0, 0.05) is 29.5 Å². The first-order valence-electron chi connectivity index (χ1n) is 8.16. The SMILES string of the molecule is N#CC1(Nc2ccnc(-c3c[nH]c4ncccc34)n2)CCS(=O)(=O)CC1. The van der Waals surface area contributed by atoms with E-state index in [1.807, 2.05) is 12.1 Å². The molecule has 0 bridgehead atoms. The second-order valence-electron chi connectivity index (χ2n) is 6.34. The number of nitriles is 1. The molecule has 0 unspecified atom stereocenters. The number of anilines is 1. The van der Waals surface area contributed by atoms with Crippen molar-refractivity contribution >= 4 is 26.7 Å². The van der Waals surface area contributed by atoms with Crippen LogP contribution in [0.3, 0.4) is 0 Å². The topological polar surface area (TPSA) is 124 Å². The molecule has 0 aliphatic carbocycles. The maximum Gasteiger partial charge on any atom is 0.163 e. The van der Waals surface area contributed by atoms with E-state index in [4.69, 9.17) is 0 Å². The van der Waals surface area contributed by atoms with Crippen LogP contribution in [0.25, 0.3) is 22.4 Å². The summed E-state index contributed by atoms with van der Waals surface area (Å²) in [4.78, 5) is 16.2. The molecular formula is C17H16N6O2S. The number of aromatic nitrogens is 4. The molecule has 4 heterocycles. The van der Waals surface area contributed by atoms with E-state index in [0.717, 1.165) is 16.6 Å². The van der Waals surface area contributed by atoms with E-state index in [1.54, 1.807) is 24.7 Å². The van der Waals surface area contributed by atoms with Gasteiger partial charge in [-0.25, -0.2) is 23.4 Å². The zero-order valence-corrected chi connectivity index (χ0v) is 14.6. The van der Waals surface area contributed by atoms with Crippen molar-refractivity contribution in [1.29, 1.82) is 5.26 Å². The van der Waals surface area contributed by atoms with Crippen LogP contribution in [0.1, 0.15) is 12.8 Å². The second-order valence-corrected chi connectivity index (χ2v) is 8.64. The molecule has 1 aliphatic rings.